The second kappa shape index (κ2) is 7.91. The second-order valence-corrected chi connectivity index (χ2v) is 8.60. The van der Waals surface area contributed by atoms with Crippen molar-refractivity contribution in [3.8, 4) is 0 Å². The summed E-state index contributed by atoms with van der Waals surface area (Å²) in [6.45, 7) is 0. The Morgan fingerprint density at radius 1 is 1.31 bits per heavy atom. The summed E-state index contributed by atoms with van der Waals surface area (Å²) in [5, 5.41) is 11.1. The van der Waals surface area contributed by atoms with Gasteiger partial charge >= 0.3 is 0 Å². The molecule has 1 fully saturated rings. The molecule has 0 N–H and O–H groups in total. The van der Waals surface area contributed by atoms with Crippen molar-refractivity contribution in [3.05, 3.63) is 67.5 Å². The Morgan fingerprint density at radius 2 is 2.08 bits per heavy atom. The van der Waals surface area contributed by atoms with Gasteiger partial charge in [0.2, 0.25) is 0 Å². The summed E-state index contributed by atoms with van der Waals surface area (Å²) in [5.74, 6) is -0.233. The SMILES string of the molecule is CSc1cccc(N2C(=O)/C(=C/c3ccc(Br)c([N+](=O)[O-])c3)SC2=S)c1. The Balaban J connectivity index is 1.95. The number of amides is 1. The van der Waals surface area contributed by atoms with Crippen LogP contribution in [-0.2, 0) is 4.79 Å². The standard InChI is InChI=1S/C17H11BrN2O3S3/c1-25-12-4-2-3-11(9-12)19-16(21)15(26-17(19)24)8-10-5-6-13(18)14(7-10)20(22)23/h2-9H,1H3/b15-8-. The van der Waals surface area contributed by atoms with Crippen LogP contribution in [0.25, 0.3) is 6.08 Å². The van der Waals surface area contributed by atoms with E-state index in [1.165, 1.54) is 22.7 Å². The number of hydrogen-bond donors (Lipinski definition) is 0. The van der Waals surface area contributed by atoms with E-state index >= 15 is 0 Å². The molecule has 5 nitrogen and oxygen atoms in total. The van der Waals surface area contributed by atoms with E-state index in [4.69, 9.17) is 12.2 Å². The fraction of sp³-hybridized carbons (Fsp3) is 0.0588. The Labute approximate surface area is 172 Å². The number of anilines is 1. The summed E-state index contributed by atoms with van der Waals surface area (Å²) >= 11 is 11.3. The summed E-state index contributed by atoms with van der Waals surface area (Å²) in [6.07, 6.45) is 3.58. The third kappa shape index (κ3) is 3.85. The number of rotatable bonds is 4. The first-order valence-electron chi connectivity index (χ1n) is 7.26. The molecule has 1 aliphatic rings. The van der Waals surface area contributed by atoms with Crippen LogP contribution in [-0.4, -0.2) is 21.4 Å². The zero-order chi connectivity index (χ0) is 18.8. The quantitative estimate of drug-likeness (QED) is 0.195. The fourth-order valence-corrected chi connectivity index (χ4v) is 4.49. The van der Waals surface area contributed by atoms with E-state index in [9.17, 15) is 14.9 Å². The lowest BCUT2D eigenvalue weighted by Crippen LogP contribution is -2.27. The van der Waals surface area contributed by atoms with Crippen LogP contribution >= 0.6 is 51.7 Å². The Morgan fingerprint density at radius 3 is 2.77 bits per heavy atom. The molecule has 0 radical (unpaired) electrons. The van der Waals surface area contributed by atoms with Crippen molar-refractivity contribution in [2.75, 3.05) is 11.2 Å². The predicted octanol–water partition coefficient (Wildman–Crippen LogP) is 5.49. The first-order valence-corrected chi connectivity index (χ1v) is 10.5. The average Bonchev–Trinajstić information content (AvgIpc) is 2.90. The normalized spacial score (nSPS) is 15.8. The minimum Gasteiger partial charge on any atom is -0.268 e. The van der Waals surface area contributed by atoms with Gasteiger partial charge in [0, 0.05) is 11.0 Å². The molecule has 1 aliphatic heterocycles. The molecule has 0 spiro atoms. The number of thiocarbonyl (C=S) groups is 1. The predicted molar refractivity (Wildman–Crippen MR) is 115 cm³/mol. The van der Waals surface area contributed by atoms with Crippen LogP contribution in [0.2, 0.25) is 0 Å². The zero-order valence-corrected chi connectivity index (χ0v) is 17.4. The van der Waals surface area contributed by atoms with Crippen LogP contribution in [0, 0.1) is 10.1 Å². The van der Waals surface area contributed by atoms with Gasteiger partial charge in [-0.05, 0) is 58.1 Å². The van der Waals surface area contributed by atoms with Gasteiger partial charge in [-0.2, -0.15) is 0 Å². The number of benzene rings is 2. The van der Waals surface area contributed by atoms with Gasteiger partial charge in [-0.3, -0.25) is 19.8 Å². The first kappa shape index (κ1) is 19.1. The lowest BCUT2D eigenvalue weighted by Gasteiger charge is -2.15. The van der Waals surface area contributed by atoms with Crippen molar-refractivity contribution in [1.82, 2.24) is 0 Å². The minimum absolute atomic E-state index is 0.0538. The maximum Gasteiger partial charge on any atom is 0.284 e. The van der Waals surface area contributed by atoms with E-state index < -0.39 is 4.92 Å². The Bertz CT molecular complexity index is 962. The lowest BCUT2D eigenvalue weighted by molar-refractivity contribution is -0.385. The molecule has 9 heteroatoms. The van der Waals surface area contributed by atoms with Gasteiger partial charge in [0.25, 0.3) is 11.6 Å². The number of nitrogens with zero attached hydrogens (tertiary/aromatic N) is 2. The summed E-state index contributed by atoms with van der Waals surface area (Å²) < 4.78 is 0.826. The van der Waals surface area contributed by atoms with Gasteiger partial charge in [-0.15, -0.1) is 11.8 Å². The molecule has 0 unspecified atom stereocenters. The highest BCUT2D eigenvalue weighted by Gasteiger charge is 2.33. The van der Waals surface area contributed by atoms with Crippen molar-refractivity contribution in [3.63, 3.8) is 0 Å². The van der Waals surface area contributed by atoms with E-state index in [0.717, 1.165) is 4.90 Å². The van der Waals surface area contributed by atoms with E-state index in [-0.39, 0.29) is 11.6 Å². The third-order valence-corrected chi connectivity index (χ3v) is 6.27. The highest BCUT2D eigenvalue weighted by molar-refractivity contribution is 9.10. The van der Waals surface area contributed by atoms with Gasteiger partial charge in [-0.25, -0.2) is 0 Å². The highest BCUT2D eigenvalue weighted by atomic mass is 79.9. The molecule has 0 saturated carbocycles. The number of hydrogen-bond acceptors (Lipinski definition) is 6. The molecule has 1 amide bonds. The van der Waals surface area contributed by atoms with E-state index in [0.29, 0.717) is 24.9 Å². The molecule has 0 bridgehead atoms. The van der Waals surface area contributed by atoms with Gasteiger partial charge in [-0.1, -0.05) is 36.1 Å². The monoisotopic (exact) mass is 466 g/mol. The molecule has 132 valence electrons. The van der Waals surface area contributed by atoms with Crippen molar-refractivity contribution in [2.45, 2.75) is 4.90 Å². The van der Waals surface area contributed by atoms with Crippen molar-refractivity contribution >= 4 is 79.4 Å². The van der Waals surface area contributed by atoms with Crippen molar-refractivity contribution in [2.24, 2.45) is 0 Å². The summed E-state index contributed by atoms with van der Waals surface area (Å²) in [6, 6.07) is 12.3. The third-order valence-electron chi connectivity index (χ3n) is 3.57. The van der Waals surface area contributed by atoms with Crippen molar-refractivity contribution in [1.29, 1.82) is 0 Å². The van der Waals surface area contributed by atoms with Crippen LogP contribution in [0.5, 0.6) is 0 Å². The van der Waals surface area contributed by atoms with E-state index in [2.05, 4.69) is 15.9 Å². The molecule has 2 aromatic rings. The van der Waals surface area contributed by atoms with Gasteiger partial charge < -0.3 is 0 Å². The molecule has 0 aliphatic carbocycles. The summed E-state index contributed by atoms with van der Waals surface area (Å²) in [7, 11) is 0. The number of nitro benzene ring substituents is 1. The van der Waals surface area contributed by atoms with E-state index in [1.54, 1.807) is 30.0 Å². The van der Waals surface area contributed by atoms with Crippen LogP contribution in [0.15, 0.2) is 56.7 Å². The maximum atomic E-state index is 12.8. The number of carbonyl (C=O) groups excluding carboxylic acids is 1. The highest BCUT2D eigenvalue weighted by Crippen LogP contribution is 2.37. The van der Waals surface area contributed by atoms with Crippen LogP contribution in [0.4, 0.5) is 11.4 Å². The minimum atomic E-state index is -0.472. The maximum absolute atomic E-state index is 12.8. The van der Waals surface area contributed by atoms with Crippen LogP contribution in [0.3, 0.4) is 0 Å². The molecular weight excluding hydrogens is 456 g/mol. The van der Waals surface area contributed by atoms with Crippen LogP contribution in [0.1, 0.15) is 5.56 Å². The molecule has 2 aromatic carbocycles. The molecule has 26 heavy (non-hydrogen) atoms. The summed E-state index contributed by atoms with van der Waals surface area (Å²) in [5.41, 5.74) is 1.23. The van der Waals surface area contributed by atoms with E-state index in [1.807, 2.05) is 30.5 Å². The Hall–Kier alpha value is -1.68. The Kier molecular flexibility index (Phi) is 5.81. The van der Waals surface area contributed by atoms with Crippen molar-refractivity contribution < 1.29 is 9.72 Å². The van der Waals surface area contributed by atoms with Gasteiger partial charge in [0.05, 0.1) is 20.0 Å². The van der Waals surface area contributed by atoms with Gasteiger partial charge in [0.15, 0.2) is 4.32 Å². The molecule has 0 atom stereocenters. The number of carbonyl (C=O) groups is 1. The lowest BCUT2D eigenvalue weighted by atomic mass is 10.2. The number of thioether (sulfide) groups is 2. The summed E-state index contributed by atoms with van der Waals surface area (Å²) in [4.78, 5) is 26.4. The topological polar surface area (TPSA) is 63.5 Å². The zero-order valence-electron chi connectivity index (χ0n) is 13.3. The average molecular weight is 467 g/mol. The molecule has 0 aromatic heterocycles. The second-order valence-electron chi connectivity index (χ2n) is 5.19. The van der Waals surface area contributed by atoms with Crippen LogP contribution < -0.4 is 4.90 Å². The molecule has 1 saturated heterocycles. The number of nitro groups is 1. The fourth-order valence-electron chi connectivity index (χ4n) is 2.35. The first-order chi connectivity index (χ1) is 12.4. The molecule has 1 heterocycles. The molecular formula is C17H11BrN2O3S3. The molecule has 3 rings (SSSR count). The smallest absolute Gasteiger partial charge is 0.268 e. The number of halogens is 1. The largest absolute Gasteiger partial charge is 0.284 e. The van der Waals surface area contributed by atoms with Gasteiger partial charge in [0.1, 0.15) is 0 Å².